The van der Waals surface area contributed by atoms with Crippen molar-refractivity contribution >= 4 is 12.0 Å². The number of rotatable bonds is 2. The van der Waals surface area contributed by atoms with Gasteiger partial charge in [-0.25, -0.2) is 0 Å². The molecule has 1 aromatic carbocycles. The van der Waals surface area contributed by atoms with Crippen LogP contribution in [-0.2, 0) is 6.18 Å². The lowest BCUT2D eigenvalue weighted by Gasteiger charge is -2.11. The van der Waals surface area contributed by atoms with E-state index in [4.69, 9.17) is 0 Å². The Bertz CT molecular complexity index is 454. The first-order chi connectivity index (χ1) is 7.27. The summed E-state index contributed by atoms with van der Waals surface area (Å²) in [5.41, 5.74) is -2.56. The van der Waals surface area contributed by atoms with Gasteiger partial charge in [0.25, 0.3) is 5.69 Å². The number of halogens is 3. The fourth-order valence-electron chi connectivity index (χ4n) is 1.24. The minimum absolute atomic E-state index is 0.164. The molecule has 0 aliphatic heterocycles. The third-order valence-electron chi connectivity index (χ3n) is 2.08. The molecule has 0 unspecified atom stereocenters. The fourth-order valence-corrected chi connectivity index (χ4v) is 1.24. The highest BCUT2D eigenvalue weighted by Gasteiger charge is 2.35. The number of alkyl halides is 3. The maximum absolute atomic E-state index is 12.5. The lowest BCUT2D eigenvalue weighted by molar-refractivity contribution is -0.385. The third-order valence-corrected chi connectivity index (χ3v) is 2.08. The summed E-state index contributed by atoms with van der Waals surface area (Å²) in [7, 11) is 0. The maximum Gasteiger partial charge on any atom is 0.416 e. The van der Waals surface area contributed by atoms with E-state index in [9.17, 15) is 28.1 Å². The summed E-state index contributed by atoms with van der Waals surface area (Å²) in [4.78, 5) is 19.9. The Morgan fingerprint density at radius 3 is 2.31 bits per heavy atom. The summed E-state index contributed by atoms with van der Waals surface area (Å²) in [6, 6.07) is 1.24. The minimum atomic E-state index is -4.71. The van der Waals surface area contributed by atoms with Crippen molar-refractivity contribution < 1.29 is 22.9 Å². The van der Waals surface area contributed by atoms with Crippen molar-refractivity contribution in [3.63, 3.8) is 0 Å². The van der Waals surface area contributed by atoms with E-state index in [1.165, 1.54) is 0 Å². The molecule has 7 heteroatoms. The molecule has 86 valence electrons. The zero-order valence-corrected chi connectivity index (χ0v) is 8.04. The zero-order chi connectivity index (χ0) is 12.5. The number of aldehydes is 1. The number of hydrogen-bond acceptors (Lipinski definition) is 3. The van der Waals surface area contributed by atoms with Crippen molar-refractivity contribution in [3.05, 3.63) is 38.9 Å². The van der Waals surface area contributed by atoms with E-state index < -0.39 is 22.4 Å². The third kappa shape index (κ3) is 2.18. The van der Waals surface area contributed by atoms with Crippen LogP contribution in [0.1, 0.15) is 21.5 Å². The smallest absolute Gasteiger partial charge is 0.298 e. The molecular weight excluding hydrogens is 227 g/mol. The first-order valence-electron chi connectivity index (χ1n) is 4.08. The molecule has 0 amide bonds. The second kappa shape index (κ2) is 3.92. The van der Waals surface area contributed by atoms with E-state index >= 15 is 0 Å². The SMILES string of the molecule is Cc1c(C=O)cc([N+](=O)[O-])cc1C(F)(F)F. The van der Waals surface area contributed by atoms with Gasteiger partial charge in [-0.3, -0.25) is 14.9 Å². The molecule has 0 aliphatic rings. The number of hydrogen-bond donors (Lipinski definition) is 0. The largest absolute Gasteiger partial charge is 0.416 e. The highest BCUT2D eigenvalue weighted by Crippen LogP contribution is 2.35. The highest BCUT2D eigenvalue weighted by atomic mass is 19.4. The Labute approximate surface area is 87.8 Å². The van der Waals surface area contributed by atoms with Gasteiger partial charge in [0.15, 0.2) is 6.29 Å². The normalized spacial score (nSPS) is 11.2. The van der Waals surface area contributed by atoms with Crippen molar-refractivity contribution in [2.45, 2.75) is 13.1 Å². The van der Waals surface area contributed by atoms with Gasteiger partial charge in [-0.2, -0.15) is 13.2 Å². The fraction of sp³-hybridized carbons (Fsp3) is 0.222. The van der Waals surface area contributed by atoms with Crippen molar-refractivity contribution in [1.29, 1.82) is 0 Å². The standard InChI is InChI=1S/C9H6F3NO3/c1-5-6(4-14)2-7(13(15)16)3-8(5)9(10,11)12/h2-4H,1H3. The molecule has 0 spiro atoms. The van der Waals surface area contributed by atoms with Crippen LogP contribution < -0.4 is 0 Å². The van der Waals surface area contributed by atoms with Crippen LogP contribution in [-0.4, -0.2) is 11.2 Å². The first kappa shape index (κ1) is 12.2. The number of carbonyl (C=O) groups excluding carboxylic acids is 1. The van der Waals surface area contributed by atoms with Crippen LogP contribution in [0.3, 0.4) is 0 Å². The van der Waals surface area contributed by atoms with E-state index in [0.29, 0.717) is 6.07 Å². The second-order valence-electron chi connectivity index (χ2n) is 3.08. The second-order valence-corrected chi connectivity index (χ2v) is 3.08. The topological polar surface area (TPSA) is 60.2 Å². The van der Waals surface area contributed by atoms with Crippen LogP contribution in [0.15, 0.2) is 12.1 Å². The summed E-state index contributed by atoms with van der Waals surface area (Å²) >= 11 is 0. The van der Waals surface area contributed by atoms with E-state index in [0.717, 1.165) is 13.0 Å². The molecule has 1 aromatic rings. The Kier molecular flexibility index (Phi) is 2.97. The summed E-state index contributed by atoms with van der Waals surface area (Å²) < 4.78 is 37.4. The van der Waals surface area contributed by atoms with Gasteiger partial charge in [0.2, 0.25) is 0 Å². The van der Waals surface area contributed by atoms with Gasteiger partial charge < -0.3 is 0 Å². The monoisotopic (exact) mass is 233 g/mol. The van der Waals surface area contributed by atoms with Gasteiger partial charge in [0.1, 0.15) is 0 Å². The molecular formula is C9H6F3NO3. The first-order valence-corrected chi connectivity index (χ1v) is 4.08. The average Bonchev–Trinajstić information content (AvgIpc) is 2.15. The van der Waals surface area contributed by atoms with E-state index in [2.05, 4.69) is 0 Å². The van der Waals surface area contributed by atoms with Gasteiger partial charge in [-0.1, -0.05) is 0 Å². The van der Waals surface area contributed by atoms with Gasteiger partial charge >= 0.3 is 6.18 Å². The number of benzene rings is 1. The predicted octanol–water partition coefficient (Wildman–Crippen LogP) is 2.73. The Balaban J connectivity index is 3.54. The van der Waals surface area contributed by atoms with Crippen LogP contribution >= 0.6 is 0 Å². The molecule has 0 saturated heterocycles. The molecule has 0 aromatic heterocycles. The van der Waals surface area contributed by atoms with Crippen LogP contribution in [0.5, 0.6) is 0 Å². The summed E-state index contributed by atoms with van der Waals surface area (Å²) in [6.07, 6.45) is -4.55. The molecule has 16 heavy (non-hydrogen) atoms. The zero-order valence-electron chi connectivity index (χ0n) is 8.04. The molecule has 0 bridgehead atoms. The molecule has 0 heterocycles. The van der Waals surface area contributed by atoms with Crippen LogP contribution in [0.4, 0.5) is 18.9 Å². The van der Waals surface area contributed by atoms with Gasteiger partial charge in [-0.05, 0) is 12.5 Å². The van der Waals surface area contributed by atoms with Crippen LogP contribution in [0.2, 0.25) is 0 Å². The summed E-state index contributed by atoms with van der Waals surface area (Å²) in [6.45, 7) is 1.09. The predicted molar refractivity (Wildman–Crippen MR) is 48.2 cm³/mol. The number of nitrogens with zero attached hydrogens (tertiary/aromatic N) is 1. The van der Waals surface area contributed by atoms with Gasteiger partial charge in [0.05, 0.1) is 10.5 Å². The molecule has 4 nitrogen and oxygen atoms in total. The van der Waals surface area contributed by atoms with E-state index in [-0.39, 0.29) is 17.4 Å². The van der Waals surface area contributed by atoms with Crippen molar-refractivity contribution in [1.82, 2.24) is 0 Å². The molecule has 0 atom stereocenters. The Hall–Kier alpha value is -1.92. The summed E-state index contributed by atoms with van der Waals surface area (Å²) in [5.74, 6) is 0. The number of non-ortho nitro benzene ring substituents is 1. The molecule has 0 saturated carbocycles. The molecule has 0 N–H and O–H groups in total. The Morgan fingerprint density at radius 2 is 1.94 bits per heavy atom. The molecule has 1 rings (SSSR count). The highest BCUT2D eigenvalue weighted by molar-refractivity contribution is 5.79. The van der Waals surface area contributed by atoms with E-state index in [1.54, 1.807) is 0 Å². The molecule has 0 radical (unpaired) electrons. The lowest BCUT2D eigenvalue weighted by atomic mass is 10.0. The Morgan fingerprint density at radius 1 is 1.38 bits per heavy atom. The maximum atomic E-state index is 12.5. The number of carbonyl (C=O) groups is 1. The lowest BCUT2D eigenvalue weighted by Crippen LogP contribution is -2.10. The van der Waals surface area contributed by atoms with Gasteiger partial charge in [0, 0.05) is 17.7 Å². The molecule has 0 aliphatic carbocycles. The number of nitro groups is 1. The summed E-state index contributed by atoms with van der Waals surface area (Å²) in [5, 5.41) is 10.4. The van der Waals surface area contributed by atoms with Crippen molar-refractivity contribution in [2.75, 3.05) is 0 Å². The quantitative estimate of drug-likeness (QED) is 0.448. The van der Waals surface area contributed by atoms with Crippen molar-refractivity contribution in [3.8, 4) is 0 Å². The van der Waals surface area contributed by atoms with Crippen LogP contribution in [0.25, 0.3) is 0 Å². The van der Waals surface area contributed by atoms with Gasteiger partial charge in [-0.15, -0.1) is 0 Å². The van der Waals surface area contributed by atoms with Crippen molar-refractivity contribution in [2.24, 2.45) is 0 Å². The average molecular weight is 233 g/mol. The van der Waals surface area contributed by atoms with Crippen LogP contribution in [0, 0.1) is 17.0 Å². The minimum Gasteiger partial charge on any atom is -0.298 e. The molecule has 0 fully saturated rings. The number of nitro benzene ring substituents is 1. The van der Waals surface area contributed by atoms with E-state index in [1.807, 2.05) is 0 Å².